The maximum absolute atomic E-state index is 12.7. The number of nitrogens with zero attached hydrogens (tertiary/aromatic N) is 1. The van der Waals surface area contributed by atoms with E-state index in [9.17, 15) is 34.8 Å². The third-order valence-electron chi connectivity index (χ3n) is 3.82. The second-order valence-corrected chi connectivity index (χ2v) is 9.00. The molecule has 1 atom stereocenters. The molecule has 0 saturated heterocycles. The SMILES string of the molecule is O=S(=O)(OC(CCCCOCCOCCOCCOc1ccc(Br)cn1)C(F)(F)F)C(F)(F)F. The van der Waals surface area contributed by atoms with Gasteiger partial charge in [0.2, 0.25) is 5.88 Å². The lowest BCUT2D eigenvalue weighted by Crippen LogP contribution is -2.38. The average Bonchev–Trinajstić information content (AvgIpc) is 2.72. The highest BCUT2D eigenvalue weighted by molar-refractivity contribution is 9.10. The molecule has 1 rings (SSSR count). The Kier molecular flexibility index (Phi) is 13.6. The molecule has 0 bridgehead atoms. The number of halogens is 7. The minimum Gasteiger partial charge on any atom is -0.475 e. The maximum Gasteiger partial charge on any atom is 0.523 e. The van der Waals surface area contributed by atoms with Gasteiger partial charge in [0.1, 0.15) is 6.61 Å². The summed E-state index contributed by atoms with van der Waals surface area (Å²) in [6.07, 6.45) is -7.92. The van der Waals surface area contributed by atoms with Gasteiger partial charge in [-0.15, -0.1) is 0 Å². The molecule has 0 saturated carbocycles. The van der Waals surface area contributed by atoms with Crippen LogP contribution in [0.5, 0.6) is 5.88 Å². The smallest absolute Gasteiger partial charge is 0.475 e. The Morgan fingerprint density at radius 2 is 1.41 bits per heavy atom. The van der Waals surface area contributed by atoms with Crippen molar-refractivity contribution in [3.63, 3.8) is 0 Å². The van der Waals surface area contributed by atoms with E-state index in [1.54, 1.807) is 18.3 Å². The Hall–Kier alpha value is -1.20. The highest BCUT2D eigenvalue weighted by Crippen LogP contribution is 2.33. The van der Waals surface area contributed by atoms with Gasteiger partial charge in [0.15, 0.2) is 6.10 Å². The number of aromatic nitrogens is 1. The zero-order valence-electron chi connectivity index (χ0n) is 17.7. The fourth-order valence-electron chi connectivity index (χ4n) is 2.20. The van der Waals surface area contributed by atoms with Crippen LogP contribution in [0.2, 0.25) is 0 Å². The highest BCUT2D eigenvalue weighted by Gasteiger charge is 2.53. The van der Waals surface area contributed by atoms with Crippen molar-refractivity contribution in [3.8, 4) is 5.88 Å². The summed E-state index contributed by atoms with van der Waals surface area (Å²) in [5.41, 5.74) is -5.93. The van der Waals surface area contributed by atoms with Crippen LogP contribution in [-0.2, 0) is 28.5 Å². The van der Waals surface area contributed by atoms with Crippen LogP contribution in [0.25, 0.3) is 0 Å². The van der Waals surface area contributed by atoms with Gasteiger partial charge in [-0.05, 0) is 41.3 Å². The molecule has 198 valence electrons. The molecule has 0 aliphatic carbocycles. The van der Waals surface area contributed by atoms with Crippen LogP contribution in [0.3, 0.4) is 0 Å². The van der Waals surface area contributed by atoms with Crippen molar-refractivity contribution in [3.05, 3.63) is 22.8 Å². The molecule has 1 aromatic heterocycles. The normalized spacial score (nSPS) is 13.7. The Balaban J connectivity index is 2.02. The van der Waals surface area contributed by atoms with Crippen LogP contribution in [0.15, 0.2) is 22.8 Å². The summed E-state index contributed by atoms with van der Waals surface area (Å²) < 4.78 is 122. The summed E-state index contributed by atoms with van der Waals surface area (Å²) in [5.74, 6) is 0.466. The molecule has 0 radical (unpaired) electrons. The van der Waals surface area contributed by atoms with E-state index in [-0.39, 0.29) is 39.3 Å². The molecule has 0 N–H and O–H groups in total. The standard InChI is InChI=1S/C18H24BrF6NO7S/c19-14-4-5-16(26-13-14)32-12-11-31-10-9-30-8-7-29-6-2-1-3-15(17(20,21)22)33-34(27,28)18(23,24)25/h4-5,13,15H,1-3,6-12H2. The minimum atomic E-state index is -6.35. The lowest BCUT2D eigenvalue weighted by atomic mass is 10.1. The third-order valence-corrected chi connectivity index (χ3v) is 5.34. The van der Waals surface area contributed by atoms with E-state index in [4.69, 9.17) is 18.9 Å². The molecule has 0 aliphatic rings. The van der Waals surface area contributed by atoms with Gasteiger partial charge in [-0.1, -0.05) is 0 Å². The lowest BCUT2D eigenvalue weighted by Gasteiger charge is -2.20. The zero-order valence-corrected chi connectivity index (χ0v) is 20.1. The van der Waals surface area contributed by atoms with Gasteiger partial charge in [-0.2, -0.15) is 34.8 Å². The molecule has 1 aromatic rings. The Labute approximate surface area is 201 Å². The van der Waals surface area contributed by atoms with Crippen LogP contribution in [0.4, 0.5) is 26.3 Å². The lowest BCUT2D eigenvalue weighted by molar-refractivity contribution is -0.199. The van der Waals surface area contributed by atoms with Crippen LogP contribution in [0.1, 0.15) is 19.3 Å². The second-order valence-electron chi connectivity index (χ2n) is 6.52. The van der Waals surface area contributed by atoms with Gasteiger partial charge in [-0.25, -0.2) is 4.98 Å². The predicted molar refractivity (Wildman–Crippen MR) is 110 cm³/mol. The molecule has 0 spiro atoms. The molecule has 1 unspecified atom stereocenters. The van der Waals surface area contributed by atoms with Crippen molar-refractivity contribution in [2.45, 2.75) is 37.1 Å². The summed E-state index contributed by atoms with van der Waals surface area (Å²) in [5, 5.41) is 0. The number of ether oxygens (including phenoxy) is 4. The van der Waals surface area contributed by atoms with E-state index < -0.39 is 34.3 Å². The van der Waals surface area contributed by atoms with Crippen molar-refractivity contribution >= 4 is 26.0 Å². The monoisotopic (exact) mass is 591 g/mol. The first-order valence-electron chi connectivity index (χ1n) is 9.87. The van der Waals surface area contributed by atoms with Gasteiger partial charge in [0.25, 0.3) is 0 Å². The number of hydrogen-bond acceptors (Lipinski definition) is 8. The summed E-state index contributed by atoms with van der Waals surface area (Å²) in [6.45, 7) is 1.55. The van der Waals surface area contributed by atoms with Crippen LogP contribution in [0, 0.1) is 0 Å². The maximum atomic E-state index is 12.7. The molecule has 34 heavy (non-hydrogen) atoms. The molecular weight excluding hydrogens is 568 g/mol. The second kappa shape index (κ2) is 15.0. The van der Waals surface area contributed by atoms with Gasteiger partial charge >= 0.3 is 21.8 Å². The fraction of sp³-hybridized carbons (Fsp3) is 0.722. The fourth-order valence-corrected chi connectivity index (χ4v) is 3.06. The topological polar surface area (TPSA) is 93.2 Å². The van der Waals surface area contributed by atoms with Gasteiger partial charge in [-0.3, -0.25) is 4.18 Å². The summed E-state index contributed by atoms with van der Waals surface area (Å²) in [6, 6.07) is 3.49. The van der Waals surface area contributed by atoms with Gasteiger partial charge in [0.05, 0.1) is 33.0 Å². The molecule has 0 amide bonds. The summed E-state index contributed by atoms with van der Waals surface area (Å²) in [7, 11) is -6.35. The average molecular weight is 592 g/mol. The number of alkyl halides is 6. The molecule has 0 fully saturated rings. The van der Waals surface area contributed by atoms with Crippen molar-refractivity contribution in [1.82, 2.24) is 4.98 Å². The van der Waals surface area contributed by atoms with E-state index in [1.165, 1.54) is 0 Å². The van der Waals surface area contributed by atoms with Crippen molar-refractivity contribution in [1.29, 1.82) is 0 Å². The first kappa shape index (κ1) is 30.8. The first-order valence-corrected chi connectivity index (χ1v) is 12.1. The largest absolute Gasteiger partial charge is 0.523 e. The zero-order chi connectivity index (χ0) is 25.7. The number of pyridine rings is 1. The van der Waals surface area contributed by atoms with E-state index in [1.807, 2.05) is 0 Å². The molecule has 8 nitrogen and oxygen atoms in total. The number of hydrogen-bond donors (Lipinski definition) is 0. The predicted octanol–water partition coefficient (Wildman–Crippen LogP) is 4.24. The third kappa shape index (κ3) is 13.0. The first-order chi connectivity index (χ1) is 15.8. The molecular formula is C18H24BrF6NO7S. The van der Waals surface area contributed by atoms with Crippen molar-refractivity contribution < 1.29 is 57.9 Å². The quantitative estimate of drug-likeness (QED) is 0.115. The number of unbranched alkanes of at least 4 members (excludes halogenated alkanes) is 1. The minimum absolute atomic E-state index is 0.0118. The van der Waals surface area contributed by atoms with Gasteiger partial charge < -0.3 is 18.9 Å². The Morgan fingerprint density at radius 3 is 1.91 bits per heavy atom. The Bertz CT molecular complexity index is 793. The van der Waals surface area contributed by atoms with E-state index in [0.29, 0.717) is 25.7 Å². The van der Waals surface area contributed by atoms with E-state index in [2.05, 4.69) is 25.1 Å². The van der Waals surface area contributed by atoms with Crippen molar-refractivity contribution in [2.75, 3.05) is 46.2 Å². The molecule has 0 aliphatic heterocycles. The van der Waals surface area contributed by atoms with Crippen LogP contribution in [-0.4, -0.2) is 77.4 Å². The molecule has 16 heteroatoms. The van der Waals surface area contributed by atoms with E-state index >= 15 is 0 Å². The molecule has 1 heterocycles. The Morgan fingerprint density at radius 1 is 0.853 bits per heavy atom. The molecule has 0 aromatic carbocycles. The van der Waals surface area contributed by atoms with E-state index in [0.717, 1.165) is 4.47 Å². The van der Waals surface area contributed by atoms with Crippen molar-refractivity contribution in [2.24, 2.45) is 0 Å². The number of rotatable bonds is 17. The van der Waals surface area contributed by atoms with Gasteiger partial charge in [0, 0.05) is 23.3 Å². The highest BCUT2D eigenvalue weighted by atomic mass is 79.9. The summed E-state index contributed by atoms with van der Waals surface area (Å²) >= 11 is 3.26. The summed E-state index contributed by atoms with van der Waals surface area (Å²) in [4.78, 5) is 4.03. The van der Waals surface area contributed by atoms with Crippen LogP contribution >= 0.6 is 15.9 Å². The van der Waals surface area contributed by atoms with Crippen LogP contribution < -0.4 is 4.74 Å².